The van der Waals surface area contributed by atoms with E-state index in [1.807, 2.05) is 0 Å². The molecule has 0 spiro atoms. The minimum atomic E-state index is -3.72. The van der Waals surface area contributed by atoms with E-state index in [0.29, 0.717) is 5.56 Å². The minimum Gasteiger partial charge on any atom is -0.267 e. The summed E-state index contributed by atoms with van der Waals surface area (Å²) < 4.78 is 51.3. The molecular formula is C12H10F2N2O2S. The molecule has 2 aromatic rings. The van der Waals surface area contributed by atoms with Crippen LogP contribution >= 0.6 is 0 Å². The van der Waals surface area contributed by atoms with Gasteiger partial charge in [-0.25, -0.2) is 17.8 Å². The van der Waals surface area contributed by atoms with Crippen LogP contribution in [0, 0.1) is 11.8 Å². The Morgan fingerprint density at radius 1 is 1.05 bits per heavy atom. The summed E-state index contributed by atoms with van der Waals surface area (Å²) in [6, 6.07) is 8.87. The first-order valence-electron chi connectivity index (χ1n) is 5.32. The number of hydrogen-bond acceptors (Lipinski definition) is 3. The molecule has 19 heavy (non-hydrogen) atoms. The van der Waals surface area contributed by atoms with Gasteiger partial charge in [0.05, 0.1) is 5.75 Å². The number of hydrogen-bond donors (Lipinski definition) is 1. The normalized spacial score (nSPS) is 11.3. The smallest absolute Gasteiger partial charge is 0.238 e. The number of rotatable bonds is 4. The highest BCUT2D eigenvalue weighted by Crippen LogP contribution is 2.11. The van der Waals surface area contributed by atoms with E-state index in [1.54, 1.807) is 0 Å². The second-order valence-corrected chi connectivity index (χ2v) is 5.56. The first kappa shape index (κ1) is 13.4. The van der Waals surface area contributed by atoms with E-state index in [4.69, 9.17) is 0 Å². The molecule has 7 heteroatoms. The fourth-order valence-electron chi connectivity index (χ4n) is 1.46. The fourth-order valence-corrected chi connectivity index (χ4v) is 2.60. The molecule has 0 aliphatic carbocycles. The first-order chi connectivity index (χ1) is 8.94. The van der Waals surface area contributed by atoms with Gasteiger partial charge in [-0.15, -0.1) is 0 Å². The highest BCUT2D eigenvalue weighted by molar-refractivity contribution is 7.91. The summed E-state index contributed by atoms with van der Waals surface area (Å²) in [5, 5.41) is 0. The first-order valence-corrected chi connectivity index (χ1v) is 6.97. The largest absolute Gasteiger partial charge is 0.267 e. The topological polar surface area (TPSA) is 59.1 Å². The van der Waals surface area contributed by atoms with E-state index in [1.165, 1.54) is 36.4 Å². The SMILES string of the molecule is O=S(=O)(Cc1ccc(F)cc1)Nc1cccc(F)n1. The molecule has 0 unspecified atom stereocenters. The lowest BCUT2D eigenvalue weighted by atomic mass is 10.2. The zero-order valence-electron chi connectivity index (χ0n) is 9.68. The number of nitrogens with one attached hydrogen (secondary N) is 1. The predicted molar refractivity (Wildman–Crippen MR) is 66.8 cm³/mol. The zero-order valence-corrected chi connectivity index (χ0v) is 10.5. The molecule has 0 radical (unpaired) electrons. The van der Waals surface area contributed by atoms with Gasteiger partial charge in [-0.05, 0) is 29.8 Å². The van der Waals surface area contributed by atoms with Crippen LogP contribution in [-0.2, 0) is 15.8 Å². The van der Waals surface area contributed by atoms with Crippen LogP contribution in [0.3, 0.4) is 0 Å². The Hall–Kier alpha value is -2.02. The van der Waals surface area contributed by atoms with Crippen molar-refractivity contribution in [1.29, 1.82) is 0 Å². The number of pyridine rings is 1. The second-order valence-electron chi connectivity index (χ2n) is 3.83. The highest BCUT2D eigenvalue weighted by Gasteiger charge is 2.12. The third-order valence-electron chi connectivity index (χ3n) is 2.25. The van der Waals surface area contributed by atoms with E-state index in [9.17, 15) is 17.2 Å². The van der Waals surface area contributed by atoms with Crippen molar-refractivity contribution in [3.8, 4) is 0 Å². The molecule has 4 nitrogen and oxygen atoms in total. The summed E-state index contributed by atoms with van der Waals surface area (Å²) in [6.45, 7) is 0. The molecule has 0 saturated heterocycles. The molecule has 0 bridgehead atoms. The average molecular weight is 284 g/mol. The molecule has 0 saturated carbocycles. The summed E-state index contributed by atoms with van der Waals surface area (Å²) in [5.74, 6) is -1.66. The van der Waals surface area contributed by atoms with Gasteiger partial charge in [0.2, 0.25) is 16.0 Å². The number of aromatic nitrogens is 1. The Balaban J connectivity index is 2.13. The quantitative estimate of drug-likeness (QED) is 0.876. The maximum Gasteiger partial charge on any atom is 0.238 e. The molecule has 1 heterocycles. The Morgan fingerprint density at radius 2 is 1.74 bits per heavy atom. The molecule has 0 amide bonds. The van der Waals surface area contributed by atoms with Crippen LogP contribution in [0.5, 0.6) is 0 Å². The summed E-state index contributed by atoms with van der Waals surface area (Å²) >= 11 is 0. The van der Waals surface area contributed by atoms with Gasteiger partial charge < -0.3 is 0 Å². The Morgan fingerprint density at radius 3 is 2.37 bits per heavy atom. The van der Waals surface area contributed by atoms with Crippen molar-refractivity contribution in [2.45, 2.75) is 5.75 Å². The summed E-state index contributed by atoms with van der Waals surface area (Å²) in [7, 11) is -3.72. The van der Waals surface area contributed by atoms with Gasteiger partial charge in [-0.2, -0.15) is 4.39 Å². The van der Waals surface area contributed by atoms with E-state index in [2.05, 4.69) is 9.71 Å². The zero-order chi connectivity index (χ0) is 13.9. The fraction of sp³-hybridized carbons (Fsp3) is 0.0833. The highest BCUT2D eigenvalue weighted by atomic mass is 32.2. The lowest BCUT2D eigenvalue weighted by Crippen LogP contribution is -2.16. The summed E-state index contributed by atoms with van der Waals surface area (Å²) in [4.78, 5) is 3.40. The van der Waals surface area contributed by atoms with Gasteiger partial charge in [-0.3, -0.25) is 4.72 Å². The van der Waals surface area contributed by atoms with E-state index >= 15 is 0 Å². The Labute approximate surface area is 109 Å². The van der Waals surface area contributed by atoms with Crippen LogP contribution in [0.2, 0.25) is 0 Å². The Bertz CT molecular complexity index is 672. The van der Waals surface area contributed by atoms with Crippen molar-refractivity contribution < 1.29 is 17.2 Å². The molecule has 0 atom stereocenters. The standard InChI is InChI=1S/C12H10F2N2O2S/c13-10-6-4-9(5-7-10)8-19(17,18)16-12-3-1-2-11(14)15-12/h1-7H,8H2,(H,15,16). The van der Waals surface area contributed by atoms with Gasteiger partial charge in [0, 0.05) is 0 Å². The molecule has 2 rings (SSSR count). The monoisotopic (exact) mass is 284 g/mol. The van der Waals surface area contributed by atoms with Crippen molar-refractivity contribution in [3.63, 3.8) is 0 Å². The van der Waals surface area contributed by atoms with Crippen LogP contribution in [0.25, 0.3) is 0 Å². The van der Waals surface area contributed by atoms with Gasteiger partial charge in [-0.1, -0.05) is 18.2 Å². The number of sulfonamides is 1. The van der Waals surface area contributed by atoms with Gasteiger partial charge in [0.15, 0.2) is 0 Å². The molecule has 1 N–H and O–H groups in total. The van der Waals surface area contributed by atoms with Crippen molar-refractivity contribution in [2.75, 3.05) is 4.72 Å². The summed E-state index contributed by atoms with van der Waals surface area (Å²) in [6.07, 6.45) is 0. The van der Waals surface area contributed by atoms with E-state index in [0.717, 1.165) is 6.07 Å². The molecule has 1 aromatic heterocycles. The van der Waals surface area contributed by atoms with Crippen LogP contribution in [0.1, 0.15) is 5.56 Å². The number of nitrogens with zero attached hydrogens (tertiary/aromatic N) is 1. The summed E-state index contributed by atoms with van der Waals surface area (Å²) in [5.41, 5.74) is 0.422. The minimum absolute atomic E-state index is 0.0953. The van der Waals surface area contributed by atoms with E-state index < -0.39 is 21.8 Å². The lowest BCUT2D eigenvalue weighted by Gasteiger charge is -2.07. The predicted octanol–water partition coefficient (Wildman–Crippen LogP) is 2.30. The van der Waals surface area contributed by atoms with Gasteiger partial charge in [0.25, 0.3) is 0 Å². The maximum absolute atomic E-state index is 12.8. The van der Waals surface area contributed by atoms with Crippen molar-refractivity contribution in [2.24, 2.45) is 0 Å². The third kappa shape index (κ3) is 3.99. The second kappa shape index (κ2) is 5.31. The van der Waals surface area contributed by atoms with Crippen molar-refractivity contribution >= 4 is 15.8 Å². The molecule has 100 valence electrons. The van der Waals surface area contributed by atoms with Crippen LogP contribution in [-0.4, -0.2) is 13.4 Å². The average Bonchev–Trinajstić information content (AvgIpc) is 2.31. The molecule has 0 aliphatic rings. The Kier molecular flexibility index (Phi) is 3.75. The van der Waals surface area contributed by atoms with Crippen LogP contribution in [0.15, 0.2) is 42.5 Å². The molecule has 0 aliphatic heterocycles. The van der Waals surface area contributed by atoms with Crippen LogP contribution < -0.4 is 4.72 Å². The maximum atomic E-state index is 12.8. The van der Waals surface area contributed by atoms with E-state index in [-0.39, 0.29) is 11.6 Å². The van der Waals surface area contributed by atoms with Gasteiger partial charge in [0.1, 0.15) is 11.6 Å². The van der Waals surface area contributed by atoms with Crippen molar-refractivity contribution in [1.82, 2.24) is 4.98 Å². The number of benzene rings is 1. The van der Waals surface area contributed by atoms with Crippen molar-refractivity contribution in [3.05, 3.63) is 59.8 Å². The number of anilines is 1. The lowest BCUT2D eigenvalue weighted by molar-refractivity contribution is 0.584. The molecule has 1 aromatic carbocycles. The molecular weight excluding hydrogens is 274 g/mol. The molecule has 0 fully saturated rings. The van der Waals surface area contributed by atoms with Gasteiger partial charge >= 0.3 is 0 Å². The van der Waals surface area contributed by atoms with Crippen LogP contribution in [0.4, 0.5) is 14.6 Å². The number of halogens is 2. The third-order valence-corrected chi connectivity index (χ3v) is 3.48.